The molecule has 0 atom stereocenters. The third-order valence-electron chi connectivity index (χ3n) is 1.68. The Kier molecular flexibility index (Phi) is 4.09. The molecule has 1 rings (SSSR count). The summed E-state index contributed by atoms with van der Waals surface area (Å²) >= 11 is 3.13. The Morgan fingerprint density at radius 1 is 1.53 bits per heavy atom. The van der Waals surface area contributed by atoms with Crippen LogP contribution in [-0.2, 0) is 14.8 Å². The van der Waals surface area contributed by atoms with E-state index in [1.54, 1.807) is 6.07 Å². The van der Waals surface area contributed by atoms with Gasteiger partial charge in [0.15, 0.2) is 5.75 Å². The molecule has 0 unspecified atom stereocenters. The number of nitrogens with one attached hydrogen (secondary N) is 1. The summed E-state index contributed by atoms with van der Waals surface area (Å²) < 4.78 is 25.4. The average Bonchev–Trinajstić information content (AvgIpc) is 2.18. The number of carboxylic acid groups (broad SMARTS) is 1. The van der Waals surface area contributed by atoms with E-state index in [-0.39, 0.29) is 11.3 Å². The predicted octanol–water partition coefficient (Wildman–Crippen LogP) is 1.15. The third-order valence-corrected chi connectivity index (χ3v) is 3.33. The maximum Gasteiger partial charge on any atom is 0.320 e. The molecular formula is C9H7BrN2O4S. The second-order valence-electron chi connectivity index (χ2n) is 3.06. The Bertz CT molecular complexity index is 592. The van der Waals surface area contributed by atoms with Crippen molar-refractivity contribution in [2.24, 2.45) is 0 Å². The highest BCUT2D eigenvalue weighted by Gasteiger charge is 2.17. The normalized spacial score (nSPS) is 10.6. The molecule has 2 N–H and O–H groups in total. The molecule has 17 heavy (non-hydrogen) atoms. The van der Waals surface area contributed by atoms with Gasteiger partial charge in [-0.15, -0.1) is 0 Å². The van der Waals surface area contributed by atoms with Gasteiger partial charge in [0.25, 0.3) is 0 Å². The van der Waals surface area contributed by atoms with Crippen LogP contribution >= 0.6 is 15.9 Å². The topological polar surface area (TPSA) is 107 Å². The van der Waals surface area contributed by atoms with Gasteiger partial charge in [-0.05, 0) is 18.2 Å². The van der Waals surface area contributed by atoms with E-state index in [1.165, 1.54) is 12.1 Å². The lowest BCUT2D eigenvalue weighted by Gasteiger charge is -2.07. The summed E-state index contributed by atoms with van der Waals surface area (Å²) in [4.78, 5) is 10.3. The monoisotopic (exact) mass is 318 g/mol. The molecule has 0 aliphatic rings. The van der Waals surface area contributed by atoms with Crippen molar-refractivity contribution in [3.8, 4) is 6.07 Å². The lowest BCUT2D eigenvalue weighted by atomic mass is 10.2. The first-order valence-electron chi connectivity index (χ1n) is 4.26. The van der Waals surface area contributed by atoms with E-state index in [4.69, 9.17) is 10.4 Å². The van der Waals surface area contributed by atoms with Gasteiger partial charge in [0, 0.05) is 4.47 Å². The van der Waals surface area contributed by atoms with Gasteiger partial charge in [0.1, 0.15) is 6.07 Å². The molecule has 0 heterocycles. The second kappa shape index (κ2) is 5.16. The van der Waals surface area contributed by atoms with Crippen LogP contribution in [0.1, 0.15) is 5.56 Å². The fourth-order valence-corrected chi connectivity index (χ4v) is 2.34. The summed E-state index contributed by atoms with van der Waals surface area (Å²) in [6, 6.07) is 6.16. The first-order chi connectivity index (χ1) is 7.84. The number of aliphatic carboxylic acids is 1. The first kappa shape index (κ1) is 13.5. The van der Waals surface area contributed by atoms with Crippen LogP contribution in [0.2, 0.25) is 0 Å². The van der Waals surface area contributed by atoms with Crippen LogP contribution in [0.3, 0.4) is 0 Å². The van der Waals surface area contributed by atoms with Crippen molar-refractivity contribution in [2.75, 3.05) is 10.5 Å². The predicted molar refractivity (Wildman–Crippen MR) is 63.9 cm³/mol. The number of nitrogens with zero attached hydrogens (tertiary/aromatic N) is 1. The van der Waals surface area contributed by atoms with Gasteiger partial charge >= 0.3 is 5.97 Å². The number of rotatable bonds is 4. The molecule has 0 aromatic heterocycles. The number of carboxylic acids is 1. The number of hydrogen-bond donors (Lipinski definition) is 2. The second-order valence-corrected chi connectivity index (χ2v) is 5.69. The Morgan fingerprint density at radius 2 is 2.18 bits per heavy atom. The van der Waals surface area contributed by atoms with Gasteiger partial charge in [-0.3, -0.25) is 9.52 Å². The van der Waals surface area contributed by atoms with Crippen LogP contribution in [-0.4, -0.2) is 25.2 Å². The molecule has 0 amide bonds. The SMILES string of the molecule is N#Cc1cc(Br)ccc1NS(=O)(=O)CC(=O)O. The van der Waals surface area contributed by atoms with E-state index in [1.807, 2.05) is 10.8 Å². The van der Waals surface area contributed by atoms with Gasteiger partial charge in [-0.25, -0.2) is 8.42 Å². The van der Waals surface area contributed by atoms with Crippen molar-refractivity contribution in [3.05, 3.63) is 28.2 Å². The summed E-state index contributed by atoms with van der Waals surface area (Å²) in [7, 11) is -4.00. The number of sulfonamides is 1. The van der Waals surface area contributed by atoms with Gasteiger partial charge in [0.2, 0.25) is 10.0 Å². The fraction of sp³-hybridized carbons (Fsp3) is 0.111. The van der Waals surface area contributed by atoms with E-state index in [2.05, 4.69) is 15.9 Å². The van der Waals surface area contributed by atoms with Crippen molar-refractivity contribution in [3.63, 3.8) is 0 Å². The van der Waals surface area contributed by atoms with Crippen LogP contribution in [0.5, 0.6) is 0 Å². The fourth-order valence-electron chi connectivity index (χ4n) is 1.06. The van der Waals surface area contributed by atoms with Crippen LogP contribution in [0.15, 0.2) is 22.7 Å². The number of benzene rings is 1. The minimum Gasteiger partial charge on any atom is -0.480 e. The summed E-state index contributed by atoms with van der Waals surface area (Å²) in [5.74, 6) is -2.51. The highest BCUT2D eigenvalue weighted by atomic mass is 79.9. The molecule has 0 fully saturated rings. The standard InChI is InChI=1S/C9H7BrN2O4S/c10-7-1-2-8(6(3-7)4-11)12-17(15,16)5-9(13)14/h1-3,12H,5H2,(H,13,14). The quantitative estimate of drug-likeness (QED) is 0.865. The van der Waals surface area contributed by atoms with E-state index >= 15 is 0 Å². The summed E-state index contributed by atoms with van der Waals surface area (Å²) in [5.41, 5.74) is 0.158. The summed E-state index contributed by atoms with van der Waals surface area (Å²) in [5, 5.41) is 17.2. The molecule has 0 bridgehead atoms. The molecule has 1 aromatic carbocycles. The van der Waals surface area contributed by atoms with Crippen molar-refractivity contribution in [1.82, 2.24) is 0 Å². The van der Waals surface area contributed by atoms with E-state index < -0.39 is 21.7 Å². The first-order valence-corrected chi connectivity index (χ1v) is 6.70. The number of anilines is 1. The largest absolute Gasteiger partial charge is 0.480 e. The minimum atomic E-state index is -4.00. The number of halogens is 1. The number of carbonyl (C=O) groups is 1. The molecule has 0 radical (unpaired) electrons. The Hall–Kier alpha value is -1.59. The van der Waals surface area contributed by atoms with Gasteiger partial charge < -0.3 is 5.11 Å². The van der Waals surface area contributed by atoms with Crippen molar-refractivity contribution >= 4 is 37.6 Å². The molecule has 0 aliphatic heterocycles. The molecule has 0 spiro atoms. The highest BCUT2D eigenvalue weighted by molar-refractivity contribution is 9.10. The van der Waals surface area contributed by atoms with Gasteiger partial charge in [0.05, 0.1) is 11.3 Å². The zero-order valence-electron chi connectivity index (χ0n) is 8.34. The van der Waals surface area contributed by atoms with Crippen LogP contribution in [0, 0.1) is 11.3 Å². The van der Waals surface area contributed by atoms with E-state index in [0.29, 0.717) is 4.47 Å². The molecule has 0 aliphatic carbocycles. The molecule has 1 aromatic rings. The van der Waals surface area contributed by atoms with Crippen LogP contribution in [0.25, 0.3) is 0 Å². The minimum absolute atomic E-state index is 0.0527. The average molecular weight is 319 g/mol. The maximum absolute atomic E-state index is 11.4. The van der Waals surface area contributed by atoms with Crippen LogP contribution < -0.4 is 4.72 Å². The highest BCUT2D eigenvalue weighted by Crippen LogP contribution is 2.21. The van der Waals surface area contributed by atoms with Crippen LogP contribution in [0.4, 0.5) is 5.69 Å². The van der Waals surface area contributed by atoms with E-state index in [9.17, 15) is 13.2 Å². The summed E-state index contributed by atoms with van der Waals surface area (Å²) in [6.45, 7) is 0. The smallest absolute Gasteiger partial charge is 0.320 e. The Balaban J connectivity index is 3.04. The van der Waals surface area contributed by atoms with Crippen molar-refractivity contribution in [2.45, 2.75) is 0 Å². The zero-order chi connectivity index (χ0) is 13.1. The molecule has 0 saturated carbocycles. The van der Waals surface area contributed by atoms with Gasteiger partial charge in [-0.1, -0.05) is 15.9 Å². The molecule has 90 valence electrons. The van der Waals surface area contributed by atoms with Crippen molar-refractivity contribution in [1.29, 1.82) is 5.26 Å². The Labute approximate surface area is 106 Å². The van der Waals surface area contributed by atoms with Crippen molar-refractivity contribution < 1.29 is 18.3 Å². The number of hydrogen-bond acceptors (Lipinski definition) is 4. The lowest BCUT2D eigenvalue weighted by molar-refractivity contribution is -0.134. The number of nitriles is 1. The molecule has 6 nitrogen and oxygen atoms in total. The van der Waals surface area contributed by atoms with Gasteiger partial charge in [-0.2, -0.15) is 5.26 Å². The van der Waals surface area contributed by atoms with E-state index in [0.717, 1.165) is 0 Å². The Morgan fingerprint density at radius 3 is 2.71 bits per heavy atom. The summed E-state index contributed by atoms with van der Waals surface area (Å²) in [6.07, 6.45) is 0. The zero-order valence-corrected chi connectivity index (χ0v) is 10.7. The lowest BCUT2D eigenvalue weighted by Crippen LogP contribution is -2.22. The molecular weight excluding hydrogens is 312 g/mol. The maximum atomic E-state index is 11.4. The molecule has 8 heteroatoms. The third kappa shape index (κ3) is 4.05. The molecule has 0 saturated heterocycles.